The third kappa shape index (κ3) is 5.89. The van der Waals surface area contributed by atoms with Crippen LogP contribution in [0.2, 0.25) is 0 Å². The molecule has 204 valence electrons. The summed E-state index contributed by atoms with van der Waals surface area (Å²) in [6.45, 7) is 2.46. The number of benzene rings is 1. The van der Waals surface area contributed by atoms with E-state index in [1.165, 1.54) is 30.5 Å². The first kappa shape index (κ1) is 28.1. The number of carbonyl (C=O) groups is 2. The molecule has 2 N–H and O–H groups in total. The summed E-state index contributed by atoms with van der Waals surface area (Å²) in [7, 11) is 3.76. The Labute approximate surface area is 227 Å². The van der Waals surface area contributed by atoms with Gasteiger partial charge < -0.3 is 15.5 Å². The Balaban J connectivity index is 1.84. The third-order valence-electron chi connectivity index (χ3n) is 6.54. The van der Waals surface area contributed by atoms with Gasteiger partial charge in [-0.05, 0) is 43.8 Å². The minimum atomic E-state index is -4.79. The molecule has 0 saturated carbocycles. The molecule has 0 aliphatic carbocycles. The maximum absolute atomic E-state index is 14.1. The van der Waals surface area contributed by atoms with Crippen molar-refractivity contribution in [3.8, 4) is 17.2 Å². The summed E-state index contributed by atoms with van der Waals surface area (Å²) in [5, 5.41) is 13.2. The summed E-state index contributed by atoms with van der Waals surface area (Å²) in [4.78, 5) is 29.6. The van der Waals surface area contributed by atoms with Crippen molar-refractivity contribution in [2.75, 3.05) is 27.2 Å². The van der Waals surface area contributed by atoms with E-state index in [0.29, 0.717) is 23.5 Å². The summed E-state index contributed by atoms with van der Waals surface area (Å²) >= 11 is 1.27. The fourth-order valence-electron chi connectivity index (χ4n) is 4.55. The number of aromatic nitrogens is 2. The van der Waals surface area contributed by atoms with Gasteiger partial charge in [0.25, 0.3) is 0 Å². The Morgan fingerprint density at radius 3 is 2.64 bits per heavy atom. The van der Waals surface area contributed by atoms with Crippen LogP contribution in [0.15, 0.2) is 48.7 Å². The molecule has 39 heavy (non-hydrogen) atoms. The molecule has 2 amide bonds. The molecule has 3 aromatic rings. The summed E-state index contributed by atoms with van der Waals surface area (Å²) in [6.07, 6.45) is -0.371. The van der Waals surface area contributed by atoms with Crippen molar-refractivity contribution in [2.24, 2.45) is 5.73 Å². The van der Waals surface area contributed by atoms with E-state index in [1.807, 2.05) is 19.0 Å². The van der Waals surface area contributed by atoms with Crippen molar-refractivity contribution in [1.82, 2.24) is 19.6 Å². The lowest BCUT2D eigenvalue weighted by Crippen LogP contribution is -2.37. The maximum atomic E-state index is 14.1. The van der Waals surface area contributed by atoms with Crippen molar-refractivity contribution in [3.63, 3.8) is 0 Å². The zero-order valence-corrected chi connectivity index (χ0v) is 22.4. The van der Waals surface area contributed by atoms with E-state index >= 15 is 0 Å². The number of amides is 2. The molecule has 2 atom stereocenters. The van der Waals surface area contributed by atoms with Crippen LogP contribution in [0.4, 0.5) is 13.2 Å². The minimum absolute atomic E-state index is 0.196. The number of primary amides is 1. The number of nitriles is 1. The number of nitrogens with two attached hydrogens (primary N) is 1. The normalized spacial score (nSPS) is 16.4. The lowest BCUT2D eigenvalue weighted by Gasteiger charge is -2.33. The molecule has 4 rings (SSSR count). The number of hydrogen-bond donors (Lipinski definition) is 1. The number of likely N-dealkylation sites (N-methyl/N-ethyl adjacent to an activating group) is 1. The number of halogens is 3. The molecule has 0 spiro atoms. The lowest BCUT2D eigenvalue weighted by molar-refractivity contribution is -0.141. The van der Waals surface area contributed by atoms with Crippen LogP contribution in [0.25, 0.3) is 11.1 Å². The molecule has 3 heterocycles. The molecule has 0 radical (unpaired) electrons. The molecule has 1 aliphatic heterocycles. The van der Waals surface area contributed by atoms with Gasteiger partial charge in [0.2, 0.25) is 11.8 Å². The Morgan fingerprint density at radius 1 is 1.28 bits per heavy atom. The predicted molar refractivity (Wildman–Crippen MR) is 141 cm³/mol. The molecule has 0 saturated heterocycles. The topological polar surface area (TPSA) is 108 Å². The van der Waals surface area contributed by atoms with Gasteiger partial charge in [-0.3, -0.25) is 14.3 Å². The highest BCUT2D eigenvalue weighted by Crippen LogP contribution is 2.44. The van der Waals surface area contributed by atoms with Crippen LogP contribution < -0.4 is 5.73 Å². The van der Waals surface area contributed by atoms with E-state index in [-0.39, 0.29) is 23.6 Å². The van der Waals surface area contributed by atoms with Crippen LogP contribution in [0, 0.1) is 11.3 Å². The average molecular weight is 557 g/mol. The van der Waals surface area contributed by atoms with Gasteiger partial charge in [0.15, 0.2) is 5.69 Å². The van der Waals surface area contributed by atoms with Crippen molar-refractivity contribution < 1.29 is 22.8 Å². The van der Waals surface area contributed by atoms with Crippen molar-refractivity contribution in [3.05, 3.63) is 75.3 Å². The fraction of sp³-hybridized carbons (Fsp3) is 0.333. The third-order valence-corrected chi connectivity index (χ3v) is 7.58. The largest absolute Gasteiger partial charge is 0.435 e. The van der Waals surface area contributed by atoms with Crippen LogP contribution in [0.1, 0.15) is 45.5 Å². The molecular weight excluding hydrogens is 529 g/mol. The standard InChI is InChI=1S/C27H27F3N6O2S/c1-16(26(32)38)36-14-22(25(33-36)27(28,29)30)19-8-5-4-7-18(19)21-13-35(24(37)9-6-10-34(2)3)15-23-20(21)11-17(12-31)39-23/h4-9,11,14,16,21H,10,13,15H2,1-3H3,(H2,32,38)/b9-6+/t16?,21-/m0/s1. The second-order valence-corrected chi connectivity index (χ2v) is 10.7. The van der Waals surface area contributed by atoms with Crippen LogP contribution in [0.3, 0.4) is 0 Å². The van der Waals surface area contributed by atoms with Gasteiger partial charge in [-0.1, -0.05) is 30.3 Å². The summed E-state index contributed by atoms with van der Waals surface area (Å²) in [6, 6.07) is 9.42. The van der Waals surface area contributed by atoms with E-state index in [2.05, 4.69) is 11.2 Å². The number of thiophene rings is 1. The zero-order chi connectivity index (χ0) is 28.5. The Bertz CT molecular complexity index is 1470. The smallest absolute Gasteiger partial charge is 0.368 e. The monoisotopic (exact) mass is 556 g/mol. The van der Waals surface area contributed by atoms with Crippen molar-refractivity contribution in [2.45, 2.75) is 31.6 Å². The van der Waals surface area contributed by atoms with Gasteiger partial charge in [0, 0.05) is 41.7 Å². The fourth-order valence-corrected chi connectivity index (χ4v) is 5.59. The number of fused-ring (bicyclic) bond motifs is 1. The number of nitrogens with zero attached hydrogens (tertiary/aromatic N) is 5. The molecule has 8 nitrogen and oxygen atoms in total. The SMILES string of the molecule is CC(C(N)=O)n1cc(-c2ccccc2[C@@H]2CN(C(=O)/C=C/CN(C)C)Cc3sc(C#N)cc32)c(C(F)(F)F)n1. The molecule has 12 heteroatoms. The molecule has 0 bridgehead atoms. The first-order valence-electron chi connectivity index (χ1n) is 12.1. The first-order chi connectivity index (χ1) is 18.4. The van der Waals surface area contributed by atoms with Gasteiger partial charge in [-0.15, -0.1) is 11.3 Å². The number of alkyl halides is 3. The van der Waals surface area contributed by atoms with Crippen molar-refractivity contribution in [1.29, 1.82) is 5.26 Å². The zero-order valence-electron chi connectivity index (χ0n) is 21.6. The number of carbonyl (C=O) groups excluding carboxylic acids is 2. The van der Waals surface area contributed by atoms with Crippen LogP contribution in [-0.2, 0) is 22.3 Å². The summed E-state index contributed by atoms with van der Waals surface area (Å²) in [5.74, 6) is -1.54. The predicted octanol–water partition coefficient (Wildman–Crippen LogP) is 4.14. The maximum Gasteiger partial charge on any atom is 0.435 e. The van der Waals surface area contributed by atoms with E-state index in [0.717, 1.165) is 15.1 Å². The van der Waals surface area contributed by atoms with E-state index in [4.69, 9.17) is 5.73 Å². The Kier molecular flexibility index (Phi) is 7.94. The Morgan fingerprint density at radius 2 is 2.00 bits per heavy atom. The highest BCUT2D eigenvalue weighted by Gasteiger charge is 2.40. The highest BCUT2D eigenvalue weighted by molar-refractivity contribution is 7.12. The number of hydrogen-bond acceptors (Lipinski definition) is 6. The highest BCUT2D eigenvalue weighted by atomic mass is 32.1. The second-order valence-electron chi connectivity index (χ2n) is 9.57. The van der Waals surface area contributed by atoms with Crippen LogP contribution >= 0.6 is 11.3 Å². The van der Waals surface area contributed by atoms with E-state index in [9.17, 15) is 28.0 Å². The second kappa shape index (κ2) is 11.0. The van der Waals surface area contributed by atoms with Gasteiger partial charge >= 0.3 is 6.18 Å². The van der Waals surface area contributed by atoms with Gasteiger partial charge in [-0.2, -0.15) is 23.5 Å². The first-order valence-corrected chi connectivity index (χ1v) is 12.9. The molecular formula is C27H27F3N6O2S. The average Bonchev–Trinajstić information content (AvgIpc) is 3.52. The quantitative estimate of drug-likeness (QED) is 0.440. The molecule has 1 unspecified atom stereocenters. The van der Waals surface area contributed by atoms with Gasteiger partial charge in [0.05, 0.1) is 6.54 Å². The lowest BCUT2D eigenvalue weighted by atomic mass is 9.83. The molecule has 0 fully saturated rings. The molecule has 1 aromatic carbocycles. The minimum Gasteiger partial charge on any atom is -0.368 e. The van der Waals surface area contributed by atoms with Crippen LogP contribution in [0.5, 0.6) is 0 Å². The van der Waals surface area contributed by atoms with E-state index < -0.39 is 29.7 Å². The molecule has 1 aliphatic rings. The summed E-state index contributed by atoms with van der Waals surface area (Å²) < 4.78 is 43.3. The Hall–Kier alpha value is -3.95. The number of rotatable bonds is 7. The molecule has 2 aromatic heterocycles. The van der Waals surface area contributed by atoms with Crippen LogP contribution in [-0.4, -0.2) is 58.6 Å². The summed E-state index contributed by atoms with van der Waals surface area (Å²) in [5.41, 5.74) is 5.62. The van der Waals surface area contributed by atoms with Gasteiger partial charge in [-0.25, -0.2) is 0 Å². The van der Waals surface area contributed by atoms with E-state index in [1.54, 1.807) is 41.3 Å². The van der Waals surface area contributed by atoms with Gasteiger partial charge in [0.1, 0.15) is 17.0 Å². The van der Waals surface area contributed by atoms with Crippen molar-refractivity contribution >= 4 is 23.2 Å².